The summed E-state index contributed by atoms with van der Waals surface area (Å²) in [6.45, 7) is 7.62. The van der Waals surface area contributed by atoms with Crippen molar-refractivity contribution >= 4 is 5.97 Å². The van der Waals surface area contributed by atoms with E-state index in [1.54, 1.807) is 6.08 Å². The molecule has 1 aromatic rings. The Bertz CT molecular complexity index is 481. The highest BCUT2D eigenvalue weighted by molar-refractivity contribution is 5.82. The lowest BCUT2D eigenvalue weighted by molar-refractivity contribution is -0.137. The summed E-state index contributed by atoms with van der Waals surface area (Å²) in [6.07, 6.45) is 3.75. The molecule has 0 saturated carbocycles. The molecule has 1 aliphatic rings. The van der Waals surface area contributed by atoms with Gasteiger partial charge in [0.05, 0.1) is 6.61 Å². The standard InChI is InChI=1S/C18H25NO2/c1-3-21-18(20)13-17-10-12-19(14-15(17)2)11-9-16-7-5-4-6-8-16/h4-8,13,15H,3,9-12,14H2,1-2H3/b17-13+. The third-order valence-electron chi connectivity index (χ3n) is 4.03. The molecule has 1 unspecified atom stereocenters. The maximum atomic E-state index is 11.5. The summed E-state index contributed by atoms with van der Waals surface area (Å²) >= 11 is 0. The first-order chi connectivity index (χ1) is 10.2. The Labute approximate surface area is 127 Å². The Kier molecular flexibility index (Phi) is 6.00. The summed E-state index contributed by atoms with van der Waals surface area (Å²) in [5.41, 5.74) is 2.61. The van der Waals surface area contributed by atoms with Crippen molar-refractivity contribution in [3.05, 3.63) is 47.5 Å². The summed E-state index contributed by atoms with van der Waals surface area (Å²) in [5, 5.41) is 0. The molecular formula is C18H25NO2. The number of hydrogen-bond acceptors (Lipinski definition) is 3. The molecule has 1 aliphatic heterocycles. The van der Waals surface area contributed by atoms with Crippen molar-refractivity contribution < 1.29 is 9.53 Å². The molecule has 3 nitrogen and oxygen atoms in total. The second kappa shape index (κ2) is 7.99. The molecule has 0 bridgehead atoms. The molecule has 1 heterocycles. The Morgan fingerprint density at radius 3 is 2.81 bits per heavy atom. The number of carbonyl (C=O) groups is 1. The molecule has 114 valence electrons. The molecule has 3 heteroatoms. The van der Waals surface area contributed by atoms with Gasteiger partial charge in [0.25, 0.3) is 0 Å². The van der Waals surface area contributed by atoms with Crippen LogP contribution in [-0.2, 0) is 16.0 Å². The molecule has 0 amide bonds. The van der Waals surface area contributed by atoms with Gasteiger partial charge in [-0.15, -0.1) is 0 Å². The fourth-order valence-electron chi connectivity index (χ4n) is 2.81. The van der Waals surface area contributed by atoms with Crippen LogP contribution in [0.5, 0.6) is 0 Å². The Balaban J connectivity index is 1.82. The Morgan fingerprint density at radius 1 is 1.38 bits per heavy atom. The molecule has 0 aromatic heterocycles. The van der Waals surface area contributed by atoms with Crippen LogP contribution in [0.1, 0.15) is 25.8 Å². The molecule has 0 N–H and O–H groups in total. The zero-order chi connectivity index (χ0) is 15.1. The lowest BCUT2D eigenvalue weighted by Gasteiger charge is -2.33. The van der Waals surface area contributed by atoms with Gasteiger partial charge in [-0.3, -0.25) is 0 Å². The van der Waals surface area contributed by atoms with Crippen molar-refractivity contribution in [1.82, 2.24) is 4.90 Å². The number of esters is 1. The lowest BCUT2D eigenvalue weighted by Crippen LogP contribution is -2.37. The van der Waals surface area contributed by atoms with Crippen LogP contribution in [-0.4, -0.2) is 37.1 Å². The van der Waals surface area contributed by atoms with E-state index in [0.717, 1.165) is 32.5 Å². The molecule has 2 rings (SSSR count). The van der Waals surface area contributed by atoms with E-state index in [9.17, 15) is 4.79 Å². The number of benzene rings is 1. The second-order valence-corrected chi connectivity index (χ2v) is 5.66. The van der Waals surface area contributed by atoms with E-state index >= 15 is 0 Å². The Hall–Kier alpha value is -1.61. The summed E-state index contributed by atoms with van der Waals surface area (Å²) < 4.78 is 5.00. The fourth-order valence-corrected chi connectivity index (χ4v) is 2.81. The quantitative estimate of drug-likeness (QED) is 0.616. The molecule has 21 heavy (non-hydrogen) atoms. The molecule has 1 saturated heterocycles. The number of rotatable bonds is 5. The molecule has 0 aliphatic carbocycles. The van der Waals surface area contributed by atoms with Gasteiger partial charge >= 0.3 is 5.97 Å². The van der Waals surface area contributed by atoms with Crippen LogP contribution in [0.3, 0.4) is 0 Å². The van der Waals surface area contributed by atoms with Crippen molar-refractivity contribution in [1.29, 1.82) is 0 Å². The van der Waals surface area contributed by atoms with E-state index in [1.807, 2.05) is 6.92 Å². The van der Waals surface area contributed by atoms with E-state index in [4.69, 9.17) is 4.74 Å². The average molecular weight is 287 g/mol. The number of piperidine rings is 1. The summed E-state index contributed by atoms with van der Waals surface area (Å²) in [4.78, 5) is 14.0. The van der Waals surface area contributed by atoms with Crippen molar-refractivity contribution in [3.63, 3.8) is 0 Å². The summed E-state index contributed by atoms with van der Waals surface area (Å²) in [5.74, 6) is 0.232. The van der Waals surface area contributed by atoms with Gasteiger partial charge in [0.15, 0.2) is 0 Å². The molecule has 0 radical (unpaired) electrons. The van der Waals surface area contributed by atoms with Crippen LogP contribution in [0.2, 0.25) is 0 Å². The van der Waals surface area contributed by atoms with Crippen molar-refractivity contribution in [2.45, 2.75) is 26.7 Å². The van der Waals surface area contributed by atoms with E-state index in [0.29, 0.717) is 12.5 Å². The maximum absolute atomic E-state index is 11.5. The zero-order valence-corrected chi connectivity index (χ0v) is 13.0. The minimum absolute atomic E-state index is 0.197. The fraction of sp³-hybridized carbons (Fsp3) is 0.500. The van der Waals surface area contributed by atoms with Crippen LogP contribution >= 0.6 is 0 Å². The van der Waals surface area contributed by atoms with E-state index in [-0.39, 0.29) is 5.97 Å². The van der Waals surface area contributed by atoms with E-state index < -0.39 is 0 Å². The van der Waals surface area contributed by atoms with E-state index in [1.165, 1.54) is 11.1 Å². The normalized spacial score (nSPS) is 21.4. The van der Waals surface area contributed by atoms with Gasteiger partial charge in [-0.2, -0.15) is 0 Å². The lowest BCUT2D eigenvalue weighted by atomic mass is 9.92. The molecular weight excluding hydrogens is 262 g/mol. The predicted molar refractivity (Wildman–Crippen MR) is 85.1 cm³/mol. The van der Waals surface area contributed by atoms with Crippen molar-refractivity contribution in [2.24, 2.45) is 5.92 Å². The molecule has 1 fully saturated rings. The average Bonchev–Trinajstić information content (AvgIpc) is 2.49. The minimum atomic E-state index is -0.197. The van der Waals surface area contributed by atoms with Gasteiger partial charge < -0.3 is 9.64 Å². The van der Waals surface area contributed by atoms with Crippen molar-refractivity contribution in [2.75, 3.05) is 26.2 Å². The third kappa shape index (κ3) is 5.01. The topological polar surface area (TPSA) is 29.5 Å². The molecule has 1 aromatic carbocycles. The van der Waals surface area contributed by atoms with Gasteiger partial charge in [0, 0.05) is 25.7 Å². The van der Waals surface area contributed by atoms with Crippen LogP contribution in [0, 0.1) is 5.92 Å². The first kappa shape index (κ1) is 15.8. The highest BCUT2D eigenvalue weighted by Gasteiger charge is 2.21. The zero-order valence-electron chi connectivity index (χ0n) is 13.0. The van der Waals surface area contributed by atoms with E-state index in [2.05, 4.69) is 42.2 Å². The first-order valence-electron chi connectivity index (χ1n) is 7.82. The van der Waals surface area contributed by atoms with Crippen LogP contribution in [0.4, 0.5) is 0 Å². The monoisotopic (exact) mass is 287 g/mol. The van der Waals surface area contributed by atoms with Gasteiger partial charge in [-0.1, -0.05) is 42.8 Å². The third-order valence-corrected chi connectivity index (χ3v) is 4.03. The minimum Gasteiger partial charge on any atom is -0.463 e. The predicted octanol–water partition coefficient (Wildman–Crippen LogP) is 3.06. The largest absolute Gasteiger partial charge is 0.463 e. The maximum Gasteiger partial charge on any atom is 0.330 e. The van der Waals surface area contributed by atoms with Gasteiger partial charge in [-0.25, -0.2) is 4.79 Å². The number of likely N-dealkylation sites (tertiary alicyclic amines) is 1. The summed E-state index contributed by atoms with van der Waals surface area (Å²) in [7, 11) is 0. The number of nitrogens with zero attached hydrogens (tertiary/aromatic N) is 1. The molecule has 0 spiro atoms. The Morgan fingerprint density at radius 2 is 2.14 bits per heavy atom. The second-order valence-electron chi connectivity index (χ2n) is 5.66. The van der Waals surface area contributed by atoms with Gasteiger partial charge in [0.2, 0.25) is 0 Å². The smallest absolute Gasteiger partial charge is 0.330 e. The van der Waals surface area contributed by atoms with Gasteiger partial charge in [0.1, 0.15) is 0 Å². The van der Waals surface area contributed by atoms with Crippen LogP contribution in [0.15, 0.2) is 42.0 Å². The number of ether oxygens (including phenoxy) is 1. The molecule has 1 atom stereocenters. The summed E-state index contributed by atoms with van der Waals surface area (Å²) in [6, 6.07) is 10.6. The number of carbonyl (C=O) groups excluding carboxylic acids is 1. The van der Waals surface area contributed by atoms with Crippen molar-refractivity contribution in [3.8, 4) is 0 Å². The van der Waals surface area contributed by atoms with Crippen LogP contribution < -0.4 is 0 Å². The first-order valence-corrected chi connectivity index (χ1v) is 7.82. The van der Waals surface area contributed by atoms with Gasteiger partial charge in [-0.05, 0) is 31.2 Å². The van der Waals surface area contributed by atoms with Crippen LogP contribution in [0.25, 0.3) is 0 Å². The highest BCUT2D eigenvalue weighted by atomic mass is 16.5. The highest BCUT2D eigenvalue weighted by Crippen LogP contribution is 2.22. The number of hydrogen-bond donors (Lipinski definition) is 0. The SMILES string of the molecule is CCOC(=O)/C=C1\CCN(CCc2ccccc2)CC1C.